The second-order valence-electron chi connectivity index (χ2n) is 6.24. The van der Waals surface area contributed by atoms with Gasteiger partial charge in [-0.25, -0.2) is 0 Å². The summed E-state index contributed by atoms with van der Waals surface area (Å²) in [5, 5.41) is 4.34. The van der Waals surface area contributed by atoms with Crippen molar-refractivity contribution in [2.45, 2.75) is 6.54 Å². The van der Waals surface area contributed by atoms with Crippen LogP contribution in [0.1, 0.15) is 11.1 Å². The van der Waals surface area contributed by atoms with E-state index in [2.05, 4.69) is 21.2 Å². The molecule has 1 amide bonds. The highest BCUT2D eigenvalue weighted by Gasteiger charge is 2.13. The van der Waals surface area contributed by atoms with Crippen LogP contribution in [0.5, 0.6) is 11.5 Å². The molecule has 2 heterocycles. The number of benzene rings is 2. The van der Waals surface area contributed by atoms with Gasteiger partial charge in [-0.15, -0.1) is 0 Å². The van der Waals surface area contributed by atoms with E-state index in [1.54, 1.807) is 12.3 Å². The Morgan fingerprint density at radius 1 is 1.10 bits per heavy atom. The third kappa shape index (κ3) is 4.61. The van der Waals surface area contributed by atoms with Crippen LogP contribution in [-0.2, 0) is 11.3 Å². The minimum atomic E-state index is -0.329. The Kier molecular flexibility index (Phi) is 5.53. The quantitative estimate of drug-likeness (QED) is 0.349. The van der Waals surface area contributed by atoms with Crippen LogP contribution >= 0.6 is 12.2 Å². The van der Waals surface area contributed by atoms with Crippen molar-refractivity contribution in [1.82, 2.24) is 21.2 Å². The monoisotopic (exact) mass is 406 g/mol. The fraction of sp³-hybridized carbons (Fsp3) is 0.0952. The molecule has 1 aromatic heterocycles. The molecule has 4 rings (SSSR count). The molecule has 1 aliphatic rings. The van der Waals surface area contributed by atoms with E-state index >= 15 is 0 Å². The van der Waals surface area contributed by atoms with E-state index in [0.29, 0.717) is 17.4 Å². The van der Waals surface area contributed by atoms with Crippen LogP contribution < -0.4 is 25.6 Å². The largest absolute Gasteiger partial charge is 0.454 e. The highest BCUT2D eigenvalue weighted by molar-refractivity contribution is 7.80. The first kappa shape index (κ1) is 18.7. The highest BCUT2D eigenvalue weighted by atomic mass is 32.1. The maximum absolute atomic E-state index is 12.1. The summed E-state index contributed by atoms with van der Waals surface area (Å²) in [4.78, 5) is 16.4. The molecule has 3 N–H and O–H groups in total. The molecular weight excluding hydrogens is 388 g/mol. The number of rotatable bonds is 4. The van der Waals surface area contributed by atoms with E-state index in [4.69, 9.17) is 21.7 Å². The van der Waals surface area contributed by atoms with E-state index in [1.807, 2.05) is 48.5 Å². The molecule has 146 valence electrons. The standard InChI is InChI=1S/C21H18N4O3S/c26-19(9-7-16-4-1-3-15-5-2-10-22-20(15)16)24-25-21(29)23-12-14-6-8-17-18(11-14)28-13-27-17/h1-11H,12-13H2,(H,24,26)(H2,23,25,29)/b9-7+. The van der Waals surface area contributed by atoms with Crippen LogP contribution in [0.25, 0.3) is 17.0 Å². The fourth-order valence-electron chi connectivity index (χ4n) is 2.87. The molecule has 3 aromatic rings. The normalized spacial score (nSPS) is 12.1. The number of nitrogens with one attached hydrogen (secondary N) is 3. The zero-order chi connectivity index (χ0) is 20.1. The zero-order valence-corrected chi connectivity index (χ0v) is 16.2. The number of fused-ring (bicyclic) bond motifs is 2. The van der Waals surface area contributed by atoms with Gasteiger partial charge in [-0.2, -0.15) is 0 Å². The van der Waals surface area contributed by atoms with Gasteiger partial charge in [0.2, 0.25) is 6.79 Å². The summed E-state index contributed by atoms with van der Waals surface area (Å²) in [5.74, 6) is 1.12. The zero-order valence-electron chi connectivity index (χ0n) is 15.3. The van der Waals surface area contributed by atoms with Gasteiger partial charge in [0.15, 0.2) is 16.6 Å². The average Bonchev–Trinajstić information content (AvgIpc) is 3.22. The highest BCUT2D eigenvalue weighted by Crippen LogP contribution is 2.32. The Morgan fingerprint density at radius 3 is 2.90 bits per heavy atom. The van der Waals surface area contributed by atoms with Crippen molar-refractivity contribution in [2.24, 2.45) is 0 Å². The van der Waals surface area contributed by atoms with Gasteiger partial charge in [0.1, 0.15) is 0 Å². The fourth-order valence-corrected chi connectivity index (χ4v) is 2.99. The lowest BCUT2D eigenvalue weighted by atomic mass is 10.1. The molecule has 7 nitrogen and oxygen atoms in total. The first-order valence-corrected chi connectivity index (χ1v) is 9.34. The number of para-hydroxylation sites is 1. The van der Waals surface area contributed by atoms with Gasteiger partial charge < -0.3 is 14.8 Å². The van der Waals surface area contributed by atoms with Gasteiger partial charge in [-0.3, -0.25) is 20.6 Å². The molecule has 0 spiro atoms. The van der Waals surface area contributed by atoms with Gasteiger partial charge in [-0.1, -0.05) is 30.3 Å². The summed E-state index contributed by atoms with van der Waals surface area (Å²) >= 11 is 5.18. The molecule has 0 aliphatic carbocycles. The third-order valence-corrected chi connectivity index (χ3v) is 4.51. The van der Waals surface area contributed by atoms with Gasteiger partial charge in [0, 0.05) is 29.8 Å². The molecule has 1 aliphatic heterocycles. The number of pyridine rings is 1. The van der Waals surface area contributed by atoms with E-state index in [0.717, 1.165) is 27.8 Å². The second-order valence-corrected chi connectivity index (χ2v) is 6.65. The Bertz CT molecular complexity index is 1090. The van der Waals surface area contributed by atoms with Gasteiger partial charge in [-0.05, 0) is 42.1 Å². The maximum atomic E-state index is 12.1. The van der Waals surface area contributed by atoms with Gasteiger partial charge in [0.25, 0.3) is 5.91 Å². The predicted octanol–water partition coefficient (Wildman–Crippen LogP) is 2.67. The smallest absolute Gasteiger partial charge is 0.262 e. The summed E-state index contributed by atoms with van der Waals surface area (Å²) < 4.78 is 10.6. The Hall–Kier alpha value is -3.65. The molecule has 0 saturated carbocycles. The Balaban J connectivity index is 1.27. The van der Waals surface area contributed by atoms with Crippen LogP contribution in [0.15, 0.2) is 60.8 Å². The van der Waals surface area contributed by atoms with E-state index < -0.39 is 0 Å². The number of thiocarbonyl (C=S) groups is 1. The van der Waals surface area contributed by atoms with Gasteiger partial charge in [0.05, 0.1) is 5.52 Å². The third-order valence-electron chi connectivity index (χ3n) is 4.27. The summed E-state index contributed by atoms with van der Waals surface area (Å²) in [6.07, 6.45) is 4.87. The minimum absolute atomic E-state index is 0.237. The van der Waals surface area contributed by atoms with Crippen molar-refractivity contribution in [3.8, 4) is 11.5 Å². The van der Waals surface area contributed by atoms with E-state index in [1.165, 1.54) is 6.08 Å². The van der Waals surface area contributed by atoms with Crippen LogP contribution in [0.3, 0.4) is 0 Å². The van der Waals surface area contributed by atoms with Crippen molar-refractivity contribution in [3.63, 3.8) is 0 Å². The molecule has 0 saturated heterocycles. The van der Waals surface area contributed by atoms with Crippen molar-refractivity contribution in [1.29, 1.82) is 0 Å². The molecule has 8 heteroatoms. The Labute approximate surface area is 172 Å². The Morgan fingerprint density at radius 2 is 1.97 bits per heavy atom. The number of nitrogens with zero attached hydrogens (tertiary/aromatic N) is 1. The lowest BCUT2D eigenvalue weighted by Gasteiger charge is -2.11. The molecule has 0 bridgehead atoms. The molecule has 0 atom stereocenters. The number of hydrazine groups is 1. The molecular formula is C21H18N4O3S. The SMILES string of the molecule is O=C(/C=C/c1cccc2cccnc12)NNC(=S)NCc1ccc2c(c1)OCO2. The van der Waals surface area contributed by atoms with E-state index in [9.17, 15) is 4.79 Å². The number of carbonyl (C=O) groups is 1. The van der Waals surface area contributed by atoms with E-state index in [-0.39, 0.29) is 12.7 Å². The topological polar surface area (TPSA) is 84.5 Å². The number of hydrogen-bond acceptors (Lipinski definition) is 5. The second kappa shape index (κ2) is 8.57. The number of aromatic nitrogens is 1. The molecule has 29 heavy (non-hydrogen) atoms. The molecule has 2 aromatic carbocycles. The molecule has 0 radical (unpaired) electrons. The summed E-state index contributed by atoms with van der Waals surface area (Å²) in [7, 11) is 0. The summed E-state index contributed by atoms with van der Waals surface area (Å²) in [6.45, 7) is 0.719. The number of ether oxygens (including phenoxy) is 2. The maximum Gasteiger partial charge on any atom is 0.262 e. The minimum Gasteiger partial charge on any atom is -0.454 e. The van der Waals surface area contributed by atoms with Crippen LogP contribution in [0.4, 0.5) is 0 Å². The van der Waals surface area contributed by atoms with Crippen LogP contribution in [0, 0.1) is 0 Å². The van der Waals surface area contributed by atoms with Crippen molar-refractivity contribution in [3.05, 3.63) is 71.9 Å². The summed E-state index contributed by atoms with van der Waals surface area (Å²) in [5.41, 5.74) is 7.89. The first-order valence-electron chi connectivity index (χ1n) is 8.93. The average molecular weight is 406 g/mol. The first-order chi connectivity index (χ1) is 14.2. The summed E-state index contributed by atoms with van der Waals surface area (Å²) in [6, 6.07) is 15.3. The predicted molar refractivity (Wildman–Crippen MR) is 114 cm³/mol. The lowest BCUT2D eigenvalue weighted by Crippen LogP contribution is -2.45. The number of carbonyl (C=O) groups excluding carboxylic acids is 1. The van der Waals surface area contributed by atoms with Gasteiger partial charge >= 0.3 is 0 Å². The van der Waals surface area contributed by atoms with Crippen LogP contribution in [0.2, 0.25) is 0 Å². The number of hydrogen-bond donors (Lipinski definition) is 3. The number of amides is 1. The van der Waals surface area contributed by atoms with Crippen LogP contribution in [-0.4, -0.2) is 22.8 Å². The van der Waals surface area contributed by atoms with Crippen molar-refractivity contribution >= 4 is 40.2 Å². The van der Waals surface area contributed by atoms with Crippen molar-refractivity contribution in [2.75, 3.05) is 6.79 Å². The lowest BCUT2D eigenvalue weighted by molar-refractivity contribution is -0.116. The molecule has 0 unspecified atom stereocenters. The molecule has 0 fully saturated rings. The van der Waals surface area contributed by atoms with Crippen molar-refractivity contribution < 1.29 is 14.3 Å².